The molecule has 5 rings (SSSR count). The third kappa shape index (κ3) is 2.39. The highest BCUT2D eigenvalue weighted by Gasteiger charge is 2.51. The van der Waals surface area contributed by atoms with Crippen molar-refractivity contribution in [3.63, 3.8) is 0 Å². The maximum atomic E-state index is 4.59. The molecule has 0 unspecified atom stereocenters. The first-order valence-electron chi connectivity index (χ1n) is 8.54. The first kappa shape index (κ1) is 14.8. The Kier molecular flexibility index (Phi) is 3.27. The van der Waals surface area contributed by atoms with Crippen molar-refractivity contribution in [3.8, 4) is 0 Å². The molecule has 0 amide bonds. The van der Waals surface area contributed by atoms with Crippen molar-refractivity contribution in [3.05, 3.63) is 36.2 Å². The molecule has 1 aliphatic carbocycles. The van der Waals surface area contributed by atoms with E-state index in [-0.39, 0.29) is 5.54 Å². The van der Waals surface area contributed by atoms with Gasteiger partial charge in [0.1, 0.15) is 23.5 Å². The van der Waals surface area contributed by atoms with Crippen LogP contribution in [0.1, 0.15) is 25.0 Å². The van der Waals surface area contributed by atoms with E-state index in [1.54, 1.807) is 6.33 Å². The molecule has 2 aliphatic rings. The lowest BCUT2D eigenvalue weighted by atomic mass is 10.1. The molecule has 3 aromatic rings. The van der Waals surface area contributed by atoms with Gasteiger partial charge in [-0.05, 0) is 36.9 Å². The van der Waals surface area contributed by atoms with E-state index >= 15 is 0 Å². The predicted octanol–water partition coefficient (Wildman–Crippen LogP) is 2.53. The Hall–Kier alpha value is -2.48. The summed E-state index contributed by atoms with van der Waals surface area (Å²) in [5.41, 5.74) is 2.95. The van der Waals surface area contributed by atoms with Gasteiger partial charge in [-0.25, -0.2) is 9.97 Å². The minimum atomic E-state index is 0.144. The van der Waals surface area contributed by atoms with Gasteiger partial charge in [0.15, 0.2) is 0 Å². The van der Waals surface area contributed by atoms with Crippen LogP contribution in [-0.4, -0.2) is 54.6 Å². The van der Waals surface area contributed by atoms with Gasteiger partial charge in [-0.3, -0.25) is 0 Å². The summed E-state index contributed by atoms with van der Waals surface area (Å²) in [5, 5.41) is 7.29. The molecule has 25 heavy (non-hydrogen) atoms. The molecule has 7 nitrogen and oxygen atoms in total. The summed E-state index contributed by atoms with van der Waals surface area (Å²) in [7, 11) is 0. The fourth-order valence-electron chi connectivity index (χ4n) is 3.89. The highest BCUT2D eigenvalue weighted by Crippen LogP contribution is 2.47. The maximum absolute atomic E-state index is 4.59. The van der Waals surface area contributed by atoms with Crippen molar-refractivity contribution in [1.29, 1.82) is 0 Å². The van der Waals surface area contributed by atoms with Crippen LogP contribution in [-0.2, 0) is 0 Å². The Morgan fingerprint density at radius 3 is 3.00 bits per heavy atom. The summed E-state index contributed by atoms with van der Waals surface area (Å²) >= 11 is 1.38. The Morgan fingerprint density at radius 2 is 2.20 bits per heavy atom. The number of nitrogens with one attached hydrogen (secondary N) is 1. The molecule has 3 aromatic heterocycles. The summed E-state index contributed by atoms with van der Waals surface area (Å²) < 4.78 is 3.99. The molecule has 1 N–H and O–H groups in total. The summed E-state index contributed by atoms with van der Waals surface area (Å²) in [6, 6.07) is 2.06. The summed E-state index contributed by atoms with van der Waals surface area (Å²) in [6.45, 7) is 7.26. The number of H-pyrrole nitrogens is 1. The second kappa shape index (κ2) is 5.52. The minimum absolute atomic E-state index is 0.144. The number of fused-ring (bicyclic) bond motifs is 1. The summed E-state index contributed by atoms with van der Waals surface area (Å²) in [6.07, 6.45) is 7.00. The average Bonchev–Trinajstić information content (AvgIpc) is 3.05. The zero-order chi connectivity index (χ0) is 16.9. The topological polar surface area (TPSA) is 73.8 Å². The quantitative estimate of drug-likeness (QED) is 0.780. The fraction of sp³-hybridized carbons (Fsp3) is 0.412. The van der Waals surface area contributed by atoms with Gasteiger partial charge in [0.25, 0.3) is 0 Å². The van der Waals surface area contributed by atoms with Gasteiger partial charge in [-0.2, -0.15) is 0 Å². The van der Waals surface area contributed by atoms with Crippen LogP contribution in [0.4, 0.5) is 5.82 Å². The monoisotopic (exact) mass is 353 g/mol. The van der Waals surface area contributed by atoms with E-state index in [0.29, 0.717) is 0 Å². The molecule has 1 aliphatic heterocycles. The lowest BCUT2D eigenvalue weighted by Gasteiger charge is -2.34. The molecule has 128 valence electrons. The minimum Gasteiger partial charge on any atom is -0.363 e. The average molecular weight is 353 g/mol. The SMILES string of the molecule is C=C(c1csnn1)N1CCCN(c2ncnc3[nH]ccc23)CC12CC2. The largest absolute Gasteiger partial charge is 0.363 e. The molecule has 0 aromatic carbocycles. The second-order valence-corrected chi connectivity index (χ2v) is 7.43. The van der Waals surface area contributed by atoms with Crippen LogP contribution in [0.2, 0.25) is 0 Å². The zero-order valence-corrected chi connectivity index (χ0v) is 14.7. The number of hydrogen-bond donors (Lipinski definition) is 1. The van der Waals surface area contributed by atoms with Gasteiger partial charge in [0.2, 0.25) is 0 Å². The van der Waals surface area contributed by atoms with Gasteiger partial charge in [-0.15, -0.1) is 5.10 Å². The molecule has 2 fully saturated rings. The Labute approximate surface area is 149 Å². The molecule has 0 atom stereocenters. The molecule has 1 saturated heterocycles. The van der Waals surface area contributed by atoms with Crippen molar-refractivity contribution >= 4 is 34.1 Å². The predicted molar refractivity (Wildman–Crippen MR) is 98.3 cm³/mol. The highest BCUT2D eigenvalue weighted by molar-refractivity contribution is 7.03. The number of nitrogens with zero attached hydrogens (tertiary/aromatic N) is 6. The van der Waals surface area contributed by atoms with E-state index in [9.17, 15) is 0 Å². The molecular formula is C17H19N7S. The van der Waals surface area contributed by atoms with Crippen LogP contribution in [0.15, 0.2) is 30.5 Å². The van der Waals surface area contributed by atoms with Crippen LogP contribution in [0.25, 0.3) is 16.7 Å². The van der Waals surface area contributed by atoms with E-state index in [4.69, 9.17) is 0 Å². The standard InChI is InChI=1S/C17H19N7S/c1-12(14-9-25-22-21-14)24-8-2-7-23(10-17(24)4-5-17)16-13-3-6-18-15(13)19-11-20-16/h3,6,9,11H,1-2,4-5,7-8,10H2,(H,18,19,20). The lowest BCUT2D eigenvalue weighted by Crippen LogP contribution is -2.42. The van der Waals surface area contributed by atoms with E-state index in [1.165, 1.54) is 24.4 Å². The van der Waals surface area contributed by atoms with Crippen LogP contribution >= 0.6 is 11.5 Å². The fourth-order valence-corrected chi connectivity index (χ4v) is 4.36. The highest BCUT2D eigenvalue weighted by atomic mass is 32.1. The number of anilines is 1. The molecule has 1 saturated carbocycles. The van der Waals surface area contributed by atoms with Crippen LogP contribution in [0.3, 0.4) is 0 Å². The summed E-state index contributed by atoms with van der Waals surface area (Å²) in [4.78, 5) is 17.0. The Balaban J connectivity index is 1.47. The normalized spacial score (nSPS) is 19.4. The number of aromatic amines is 1. The third-order valence-corrected chi connectivity index (χ3v) is 5.81. The number of aromatic nitrogens is 5. The smallest absolute Gasteiger partial charge is 0.142 e. The van der Waals surface area contributed by atoms with Crippen LogP contribution in [0, 0.1) is 0 Å². The summed E-state index contributed by atoms with van der Waals surface area (Å²) in [5.74, 6) is 1.03. The van der Waals surface area contributed by atoms with E-state index in [2.05, 4.69) is 47.0 Å². The molecule has 4 heterocycles. The number of hydrogen-bond acceptors (Lipinski definition) is 7. The Morgan fingerprint density at radius 1 is 1.28 bits per heavy atom. The van der Waals surface area contributed by atoms with Crippen molar-refractivity contribution in [1.82, 2.24) is 29.4 Å². The molecule has 0 radical (unpaired) electrons. The van der Waals surface area contributed by atoms with Gasteiger partial charge >= 0.3 is 0 Å². The van der Waals surface area contributed by atoms with Gasteiger partial charge in [0, 0.05) is 31.2 Å². The van der Waals surface area contributed by atoms with Crippen molar-refractivity contribution in [2.45, 2.75) is 24.8 Å². The number of rotatable bonds is 3. The van der Waals surface area contributed by atoms with Crippen LogP contribution < -0.4 is 4.90 Å². The lowest BCUT2D eigenvalue weighted by molar-refractivity contribution is 0.293. The zero-order valence-electron chi connectivity index (χ0n) is 13.9. The van der Waals surface area contributed by atoms with Crippen molar-refractivity contribution in [2.24, 2.45) is 0 Å². The van der Waals surface area contributed by atoms with Crippen molar-refractivity contribution in [2.75, 3.05) is 24.5 Å². The first-order valence-corrected chi connectivity index (χ1v) is 9.38. The first-order chi connectivity index (χ1) is 12.3. The van der Waals surface area contributed by atoms with E-state index < -0.39 is 0 Å². The van der Waals surface area contributed by atoms with Gasteiger partial charge in [-0.1, -0.05) is 11.1 Å². The maximum Gasteiger partial charge on any atom is 0.142 e. The molecule has 0 bridgehead atoms. The second-order valence-electron chi connectivity index (χ2n) is 6.83. The Bertz CT molecular complexity index is 912. The van der Waals surface area contributed by atoms with E-state index in [1.807, 2.05) is 11.6 Å². The third-order valence-electron chi connectivity index (χ3n) is 5.31. The van der Waals surface area contributed by atoms with Crippen LogP contribution in [0.5, 0.6) is 0 Å². The molecular weight excluding hydrogens is 334 g/mol. The molecule has 8 heteroatoms. The molecule has 1 spiro atoms. The van der Waals surface area contributed by atoms with E-state index in [0.717, 1.165) is 54.3 Å². The van der Waals surface area contributed by atoms with Gasteiger partial charge in [0.05, 0.1) is 16.6 Å². The van der Waals surface area contributed by atoms with Gasteiger partial charge < -0.3 is 14.8 Å². The van der Waals surface area contributed by atoms with Crippen molar-refractivity contribution < 1.29 is 0 Å².